The van der Waals surface area contributed by atoms with Crippen LogP contribution in [0.5, 0.6) is 0 Å². The molecule has 0 aliphatic carbocycles. The molecule has 0 atom stereocenters. The zero-order chi connectivity index (χ0) is 28.3. The third-order valence-electron chi connectivity index (χ3n) is 7.95. The molecule has 1 fully saturated rings. The molecule has 0 unspecified atom stereocenters. The highest BCUT2D eigenvalue weighted by atomic mass is 32.1. The number of piperazine rings is 1. The maximum Gasteiger partial charge on any atom is 0.262 e. The van der Waals surface area contributed by atoms with Gasteiger partial charge < -0.3 is 10.2 Å². The first-order chi connectivity index (χ1) is 19.9. The average Bonchev–Trinajstić information content (AvgIpc) is 3.36. The first kappa shape index (κ1) is 27.5. The molecular formula is C30H34FN7O2S. The van der Waals surface area contributed by atoms with E-state index in [1.165, 1.54) is 29.1 Å². The molecule has 5 heterocycles. The number of anilines is 1. The first-order valence-corrected chi connectivity index (χ1v) is 14.9. The van der Waals surface area contributed by atoms with Crippen LogP contribution in [0.4, 0.5) is 10.2 Å². The number of fused-ring (bicyclic) bond motifs is 3. The minimum atomic E-state index is -0.360. The van der Waals surface area contributed by atoms with E-state index in [4.69, 9.17) is 0 Å². The van der Waals surface area contributed by atoms with Crippen molar-refractivity contribution in [3.05, 3.63) is 86.7 Å². The van der Waals surface area contributed by atoms with Gasteiger partial charge in [-0.15, -0.1) is 11.3 Å². The van der Waals surface area contributed by atoms with Gasteiger partial charge in [0.25, 0.3) is 11.5 Å². The van der Waals surface area contributed by atoms with E-state index in [-0.39, 0.29) is 17.3 Å². The van der Waals surface area contributed by atoms with Crippen LogP contribution in [-0.4, -0.2) is 82.6 Å². The molecule has 214 valence electrons. The third kappa shape index (κ3) is 6.17. The summed E-state index contributed by atoms with van der Waals surface area (Å²) in [5.74, 6) is 0.464. The SMILES string of the molecule is Cc1cccc(N2CCN(CCn3cnc4sc5c(c4c3=O)CCN(CCNC(=O)c3ccc(F)cc3)C5)CC2)n1. The normalized spacial score (nSPS) is 16.2. The largest absolute Gasteiger partial charge is 0.354 e. The van der Waals surface area contributed by atoms with Crippen molar-refractivity contribution in [1.29, 1.82) is 0 Å². The Balaban J connectivity index is 1.03. The molecule has 4 aromatic rings. The molecule has 1 saturated heterocycles. The summed E-state index contributed by atoms with van der Waals surface area (Å²) in [6, 6.07) is 11.7. The van der Waals surface area contributed by atoms with Crippen molar-refractivity contribution in [3.8, 4) is 0 Å². The molecule has 11 heteroatoms. The molecule has 6 rings (SSSR count). The lowest BCUT2D eigenvalue weighted by molar-refractivity contribution is 0.0947. The maximum atomic E-state index is 13.5. The number of hydrogen-bond acceptors (Lipinski definition) is 8. The lowest BCUT2D eigenvalue weighted by Crippen LogP contribution is -2.47. The van der Waals surface area contributed by atoms with Crippen LogP contribution in [0.15, 0.2) is 53.6 Å². The summed E-state index contributed by atoms with van der Waals surface area (Å²) in [5, 5.41) is 3.68. The number of aromatic nitrogens is 3. The van der Waals surface area contributed by atoms with E-state index in [2.05, 4.69) is 42.1 Å². The Kier molecular flexibility index (Phi) is 8.09. The smallest absolute Gasteiger partial charge is 0.262 e. The molecule has 9 nitrogen and oxygen atoms in total. The van der Waals surface area contributed by atoms with Crippen molar-refractivity contribution in [1.82, 2.24) is 29.7 Å². The predicted octanol–water partition coefficient (Wildman–Crippen LogP) is 2.91. The van der Waals surface area contributed by atoms with Gasteiger partial charge in [-0.3, -0.25) is 24.0 Å². The van der Waals surface area contributed by atoms with E-state index in [9.17, 15) is 14.0 Å². The maximum absolute atomic E-state index is 13.5. The molecule has 41 heavy (non-hydrogen) atoms. The molecule has 0 saturated carbocycles. The van der Waals surface area contributed by atoms with Gasteiger partial charge in [-0.2, -0.15) is 0 Å². The fourth-order valence-electron chi connectivity index (χ4n) is 5.61. The Morgan fingerprint density at radius 2 is 1.80 bits per heavy atom. The number of carbonyl (C=O) groups is 1. The second kappa shape index (κ2) is 12.1. The highest BCUT2D eigenvalue weighted by Gasteiger charge is 2.24. The Labute approximate surface area is 242 Å². The van der Waals surface area contributed by atoms with Crippen LogP contribution in [0.25, 0.3) is 10.2 Å². The molecule has 1 N–H and O–H groups in total. The van der Waals surface area contributed by atoms with Gasteiger partial charge in [-0.05, 0) is 55.3 Å². The van der Waals surface area contributed by atoms with Crippen LogP contribution in [-0.2, 0) is 19.5 Å². The number of carbonyl (C=O) groups excluding carboxylic acids is 1. The summed E-state index contributed by atoms with van der Waals surface area (Å²) in [4.78, 5) is 44.1. The fraction of sp³-hybridized carbons (Fsp3) is 0.400. The van der Waals surface area contributed by atoms with Gasteiger partial charge in [0.2, 0.25) is 0 Å². The monoisotopic (exact) mass is 575 g/mol. The van der Waals surface area contributed by atoms with Crippen LogP contribution in [0.3, 0.4) is 0 Å². The number of nitrogens with one attached hydrogen (secondary N) is 1. The van der Waals surface area contributed by atoms with Crippen LogP contribution < -0.4 is 15.8 Å². The minimum absolute atomic E-state index is 0.0510. The minimum Gasteiger partial charge on any atom is -0.354 e. The van der Waals surface area contributed by atoms with E-state index in [1.807, 2.05) is 13.0 Å². The molecule has 2 aliphatic heterocycles. The molecule has 0 radical (unpaired) electrons. The van der Waals surface area contributed by atoms with Gasteiger partial charge in [-0.1, -0.05) is 6.07 Å². The Morgan fingerprint density at radius 3 is 2.59 bits per heavy atom. The summed E-state index contributed by atoms with van der Waals surface area (Å²) in [7, 11) is 0. The number of aryl methyl sites for hydroxylation is 1. The van der Waals surface area contributed by atoms with Crippen LogP contribution in [0, 0.1) is 12.7 Å². The third-order valence-corrected chi connectivity index (χ3v) is 9.08. The van der Waals surface area contributed by atoms with Crippen molar-refractivity contribution in [2.24, 2.45) is 0 Å². The summed E-state index contributed by atoms with van der Waals surface area (Å²) in [5.41, 5.74) is 2.65. The number of hydrogen-bond donors (Lipinski definition) is 1. The fourth-order valence-corrected chi connectivity index (χ4v) is 6.83. The topological polar surface area (TPSA) is 86.6 Å². The van der Waals surface area contributed by atoms with E-state index in [0.717, 1.165) is 79.5 Å². The Hall–Kier alpha value is -3.67. The number of rotatable bonds is 8. The summed E-state index contributed by atoms with van der Waals surface area (Å²) < 4.78 is 14.9. The molecule has 2 aliphatic rings. The van der Waals surface area contributed by atoms with Crippen molar-refractivity contribution in [2.45, 2.75) is 26.4 Å². The second-order valence-electron chi connectivity index (χ2n) is 10.7. The number of pyridine rings is 1. The summed E-state index contributed by atoms with van der Waals surface area (Å²) >= 11 is 1.60. The zero-order valence-electron chi connectivity index (χ0n) is 23.2. The molecule has 1 amide bonds. The van der Waals surface area contributed by atoms with Crippen LogP contribution in [0.1, 0.15) is 26.5 Å². The summed E-state index contributed by atoms with van der Waals surface area (Å²) in [6.45, 7) is 9.93. The number of halogens is 1. The van der Waals surface area contributed by atoms with Gasteiger partial charge in [0.15, 0.2) is 0 Å². The Morgan fingerprint density at radius 1 is 1.00 bits per heavy atom. The standard InChI is InChI=1S/C30H34FN7O2S/c1-21-3-2-4-26(34-21)37-16-13-35(14-17-37)15-18-38-20-33-29-27(30(38)40)24-9-11-36(19-25(24)41-29)12-10-32-28(39)22-5-7-23(31)8-6-22/h2-8,20H,9-19H2,1H3,(H,32,39). The van der Waals surface area contributed by atoms with Crippen molar-refractivity contribution >= 4 is 33.3 Å². The second-order valence-corrected chi connectivity index (χ2v) is 11.8. The quantitative estimate of drug-likeness (QED) is 0.346. The zero-order valence-corrected chi connectivity index (χ0v) is 24.0. The van der Waals surface area contributed by atoms with Gasteiger partial charge in [0, 0.05) is 81.6 Å². The van der Waals surface area contributed by atoms with Gasteiger partial charge >= 0.3 is 0 Å². The average molecular weight is 576 g/mol. The van der Waals surface area contributed by atoms with Crippen molar-refractivity contribution in [3.63, 3.8) is 0 Å². The van der Waals surface area contributed by atoms with Gasteiger partial charge in [0.1, 0.15) is 16.5 Å². The highest BCUT2D eigenvalue weighted by Crippen LogP contribution is 2.32. The molecule has 0 bridgehead atoms. The van der Waals surface area contributed by atoms with E-state index in [1.54, 1.807) is 22.2 Å². The molecule has 3 aromatic heterocycles. The van der Waals surface area contributed by atoms with E-state index >= 15 is 0 Å². The van der Waals surface area contributed by atoms with Crippen molar-refractivity contribution < 1.29 is 9.18 Å². The molecule has 1 aromatic carbocycles. The highest BCUT2D eigenvalue weighted by molar-refractivity contribution is 7.18. The van der Waals surface area contributed by atoms with Crippen LogP contribution >= 0.6 is 11.3 Å². The lowest BCUT2D eigenvalue weighted by atomic mass is 10.1. The first-order valence-electron chi connectivity index (χ1n) is 14.1. The number of amides is 1. The van der Waals surface area contributed by atoms with Crippen LogP contribution in [0.2, 0.25) is 0 Å². The number of benzene rings is 1. The predicted molar refractivity (Wildman–Crippen MR) is 159 cm³/mol. The molecular weight excluding hydrogens is 541 g/mol. The number of thiophene rings is 1. The summed E-state index contributed by atoms with van der Waals surface area (Å²) in [6.07, 6.45) is 2.49. The van der Waals surface area contributed by atoms with Gasteiger partial charge in [0.05, 0.1) is 11.7 Å². The Bertz CT molecular complexity index is 1590. The lowest BCUT2D eigenvalue weighted by Gasteiger charge is -2.35. The number of nitrogens with zero attached hydrogens (tertiary/aromatic N) is 6. The van der Waals surface area contributed by atoms with E-state index in [0.29, 0.717) is 25.2 Å². The molecule has 0 spiro atoms. The van der Waals surface area contributed by atoms with E-state index < -0.39 is 0 Å². The van der Waals surface area contributed by atoms with Gasteiger partial charge in [-0.25, -0.2) is 14.4 Å². The van der Waals surface area contributed by atoms with Crippen molar-refractivity contribution in [2.75, 3.05) is 57.3 Å².